The molecule has 1 saturated heterocycles. The minimum atomic E-state index is 0.549. The van der Waals surface area contributed by atoms with E-state index >= 15 is 0 Å². The van der Waals surface area contributed by atoms with Gasteiger partial charge in [-0.15, -0.1) is 0 Å². The van der Waals surface area contributed by atoms with E-state index < -0.39 is 0 Å². The highest BCUT2D eigenvalue weighted by molar-refractivity contribution is 5.63. The fraction of sp³-hybridized carbons (Fsp3) is 0.625. The highest BCUT2D eigenvalue weighted by atomic mass is 16.5. The predicted octanol–water partition coefficient (Wildman–Crippen LogP) is 2.45. The normalized spacial score (nSPS) is 18.7. The molecule has 2 rings (SSSR count). The van der Waals surface area contributed by atoms with Crippen LogP contribution in [0, 0.1) is 0 Å². The molecule has 1 N–H and O–H groups in total. The topological polar surface area (TPSA) is 33.7 Å². The number of hydrogen-bond donors (Lipinski definition) is 1. The van der Waals surface area contributed by atoms with Gasteiger partial charge in [0.15, 0.2) is 0 Å². The van der Waals surface area contributed by atoms with E-state index in [1.807, 2.05) is 19.0 Å². The van der Waals surface area contributed by atoms with Gasteiger partial charge in [0.25, 0.3) is 0 Å². The van der Waals surface area contributed by atoms with Gasteiger partial charge in [-0.25, -0.2) is 0 Å². The summed E-state index contributed by atoms with van der Waals surface area (Å²) < 4.78 is 11.1. The van der Waals surface area contributed by atoms with Crippen LogP contribution in [-0.4, -0.2) is 40.9 Å². The number of nitrogens with zero attached hydrogens (tertiary/aromatic N) is 1. The molecule has 1 aromatic carbocycles. The fourth-order valence-electron chi connectivity index (χ4n) is 2.82. The Morgan fingerprint density at radius 1 is 1.15 bits per heavy atom. The van der Waals surface area contributed by atoms with Crippen molar-refractivity contribution < 1.29 is 9.47 Å². The lowest BCUT2D eigenvalue weighted by Gasteiger charge is -2.25. The fourth-order valence-corrected chi connectivity index (χ4v) is 2.82. The van der Waals surface area contributed by atoms with Crippen molar-refractivity contribution in [3.63, 3.8) is 0 Å². The molecule has 0 saturated carbocycles. The molecule has 4 heteroatoms. The molecular weight excluding hydrogens is 252 g/mol. The first kappa shape index (κ1) is 15.0. The van der Waals surface area contributed by atoms with Crippen LogP contribution < -0.4 is 19.7 Å². The summed E-state index contributed by atoms with van der Waals surface area (Å²) in [6.45, 7) is 1.12. The molecule has 0 spiro atoms. The lowest BCUT2D eigenvalue weighted by molar-refractivity contribution is 0.377. The molecule has 0 aromatic heterocycles. The predicted molar refractivity (Wildman–Crippen MR) is 83.2 cm³/mol. The zero-order chi connectivity index (χ0) is 14.5. The molecule has 1 heterocycles. The van der Waals surface area contributed by atoms with Crippen molar-refractivity contribution in [1.29, 1.82) is 0 Å². The van der Waals surface area contributed by atoms with Crippen LogP contribution in [-0.2, 0) is 6.42 Å². The van der Waals surface area contributed by atoms with Crippen LogP contribution >= 0.6 is 0 Å². The average Bonchev–Trinajstić information content (AvgIpc) is 2.47. The van der Waals surface area contributed by atoms with Crippen molar-refractivity contribution in [3.8, 4) is 11.5 Å². The second-order valence-electron chi connectivity index (χ2n) is 5.58. The van der Waals surface area contributed by atoms with E-state index in [1.165, 1.54) is 24.8 Å². The maximum absolute atomic E-state index is 5.57. The van der Waals surface area contributed by atoms with E-state index in [1.54, 1.807) is 14.2 Å². The molecule has 20 heavy (non-hydrogen) atoms. The number of anilines is 1. The van der Waals surface area contributed by atoms with Gasteiger partial charge < -0.3 is 19.7 Å². The molecule has 1 aliphatic heterocycles. The zero-order valence-electron chi connectivity index (χ0n) is 13.0. The highest BCUT2D eigenvalue weighted by Crippen LogP contribution is 2.35. The van der Waals surface area contributed by atoms with Crippen molar-refractivity contribution >= 4 is 5.69 Å². The van der Waals surface area contributed by atoms with Gasteiger partial charge in [0.2, 0.25) is 0 Å². The standard InChI is InChI=1S/C16H26N2O2/c1-18(2)14-11-15(19-3)12(10-16(14)20-4)9-13-7-5-6-8-17-13/h10-11,13,17H,5-9H2,1-4H3. The minimum Gasteiger partial charge on any atom is -0.496 e. The van der Waals surface area contributed by atoms with Crippen molar-refractivity contribution in [2.45, 2.75) is 31.7 Å². The Kier molecular flexibility index (Phi) is 5.12. The van der Waals surface area contributed by atoms with Crippen LogP contribution in [0.5, 0.6) is 11.5 Å². The van der Waals surface area contributed by atoms with Gasteiger partial charge in [0.1, 0.15) is 11.5 Å². The van der Waals surface area contributed by atoms with E-state index in [9.17, 15) is 0 Å². The summed E-state index contributed by atoms with van der Waals surface area (Å²) in [7, 11) is 7.48. The molecule has 1 aromatic rings. The molecule has 112 valence electrons. The monoisotopic (exact) mass is 278 g/mol. The number of hydrogen-bond acceptors (Lipinski definition) is 4. The Morgan fingerprint density at radius 2 is 1.90 bits per heavy atom. The third-order valence-corrected chi connectivity index (χ3v) is 3.94. The number of nitrogens with one attached hydrogen (secondary N) is 1. The largest absolute Gasteiger partial charge is 0.496 e. The van der Waals surface area contributed by atoms with Crippen molar-refractivity contribution in [3.05, 3.63) is 17.7 Å². The Hall–Kier alpha value is -1.42. The maximum Gasteiger partial charge on any atom is 0.142 e. The van der Waals surface area contributed by atoms with Crippen molar-refractivity contribution in [2.24, 2.45) is 0 Å². The molecule has 1 aliphatic rings. The smallest absolute Gasteiger partial charge is 0.142 e. The van der Waals surface area contributed by atoms with Crippen LogP contribution in [0.1, 0.15) is 24.8 Å². The van der Waals surface area contributed by atoms with Gasteiger partial charge in [-0.3, -0.25) is 0 Å². The van der Waals surface area contributed by atoms with Crippen molar-refractivity contribution in [2.75, 3.05) is 39.8 Å². The number of methoxy groups -OCH3 is 2. The van der Waals surface area contributed by atoms with Gasteiger partial charge in [0, 0.05) is 26.2 Å². The molecule has 0 aliphatic carbocycles. The van der Waals surface area contributed by atoms with Gasteiger partial charge in [0.05, 0.1) is 19.9 Å². The van der Waals surface area contributed by atoms with E-state index in [2.05, 4.69) is 17.4 Å². The Balaban J connectivity index is 2.26. The second-order valence-corrected chi connectivity index (χ2v) is 5.58. The van der Waals surface area contributed by atoms with Crippen LogP contribution in [0.3, 0.4) is 0 Å². The van der Waals surface area contributed by atoms with Gasteiger partial charge in [-0.1, -0.05) is 6.42 Å². The third-order valence-electron chi connectivity index (χ3n) is 3.94. The Labute approximate surface area is 122 Å². The summed E-state index contributed by atoms with van der Waals surface area (Å²) in [5.74, 6) is 1.85. The summed E-state index contributed by atoms with van der Waals surface area (Å²) in [6.07, 6.45) is 4.83. The number of piperidine rings is 1. The third kappa shape index (κ3) is 3.37. The van der Waals surface area contributed by atoms with Crippen LogP contribution in [0.4, 0.5) is 5.69 Å². The first-order chi connectivity index (χ1) is 9.65. The van der Waals surface area contributed by atoms with Crippen LogP contribution in [0.25, 0.3) is 0 Å². The first-order valence-electron chi connectivity index (χ1n) is 7.31. The molecule has 1 fully saturated rings. The molecule has 4 nitrogen and oxygen atoms in total. The van der Waals surface area contributed by atoms with Gasteiger partial charge in [-0.2, -0.15) is 0 Å². The highest BCUT2D eigenvalue weighted by Gasteiger charge is 2.18. The van der Waals surface area contributed by atoms with Crippen LogP contribution in [0.2, 0.25) is 0 Å². The lowest BCUT2D eigenvalue weighted by atomic mass is 9.96. The Bertz CT molecular complexity index is 440. The van der Waals surface area contributed by atoms with E-state index in [0.29, 0.717) is 6.04 Å². The summed E-state index contributed by atoms with van der Waals surface area (Å²) in [5, 5.41) is 3.59. The van der Waals surface area contributed by atoms with Gasteiger partial charge in [-0.05, 0) is 37.4 Å². The van der Waals surface area contributed by atoms with E-state index in [4.69, 9.17) is 9.47 Å². The molecular formula is C16H26N2O2. The zero-order valence-corrected chi connectivity index (χ0v) is 13.0. The lowest BCUT2D eigenvalue weighted by Crippen LogP contribution is -2.35. The molecule has 0 amide bonds. The van der Waals surface area contributed by atoms with Crippen LogP contribution in [0.15, 0.2) is 12.1 Å². The average molecular weight is 278 g/mol. The molecule has 0 radical (unpaired) electrons. The summed E-state index contributed by atoms with van der Waals surface area (Å²) in [6, 6.07) is 4.73. The van der Waals surface area contributed by atoms with Crippen molar-refractivity contribution in [1.82, 2.24) is 5.32 Å². The van der Waals surface area contributed by atoms with E-state index in [-0.39, 0.29) is 0 Å². The summed E-state index contributed by atoms with van der Waals surface area (Å²) in [4.78, 5) is 2.05. The minimum absolute atomic E-state index is 0.549. The first-order valence-corrected chi connectivity index (χ1v) is 7.31. The SMILES string of the molecule is COc1cc(N(C)C)c(OC)cc1CC1CCCCN1. The number of rotatable bonds is 5. The molecule has 1 unspecified atom stereocenters. The molecule has 0 bridgehead atoms. The number of ether oxygens (including phenoxy) is 2. The summed E-state index contributed by atoms with van der Waals surface area (Å²) in [5.41, 5.74) is 2.26. The van der Waals surface area contributed by atoms with E-state index in [0.717, 1.165) is 30.2 Å². The molecule has 1 atom stereocenters. The Morgan fingerprint density at radius 3 is 2.45 bits per heavy atom. The van der Waals surface area contributed by atoms with Gasteiger partial charge >= 0.3 is 0 Å². The quantitative estimate of drug-likeness (QED) is 0.897. The second kappa shape index (κ2) is 6.84. The number of benzene rings is 1. The summed E-state index contributed by atoms with van der Waals surface area (Å²) >= 11 is 0. The maximum atomic E-state index is 5.57.